The van der Waals surface area contributed by atoms with Gasteiger partial charge in [0.1, 0.15) is 17.5 Å². The molecule has 0 aliphatic heterocycles. The number of azide groups is 1. The molecule has 2 aromatic rings. The van der Waals surface area contributed by atoms with Crippen LogP contribution in [0.5, 0.6) is 0 Å². The lowest BCUT2D eigenvalue weighted by atomic mass is 10.0. The zero-order valence-corrected chi connectivity index (χ0v) is 11.1. The van der Waals surface area contributed by atoms with E-state index in [2.05, 4.69) is 10.0 Å². The van der Waals surface area contributed by atoms with E-state index < -0.39 is 23.9 Å². The van der Waals surface area contributed by atoms with Crippen molar-refractivity contribution in [3.05, 3.63) is 46.3 Å². The van der Waals surface area contributed by atoms with E-state index >= 15 is 0 Å². The fourth-order valence-electron chi connectivity index (χ4n) is 1.97. The Balaban J connectivity index is 2.46. The van der Waals surface area contributed by atoms with Crippen molar-refractivity contribution in [3.8, 4) is 0 Å². The van der Waals surface area contributed by atoms with Gasteiger partial charge in [0.05, 0.1) is 18.3 Å². The number of esters is 1. The van der Waals surface area contributed by atoms with E-state index in [9.17, 15) is 14.3 Å². The predicted molar refractivity (Wildman–Crippen MR) is 70.7 cm³/mol. The van der Waals surface area contributed by atoms with Gasteiger partial charge in [0, 0.05) is 10.5 Å². The van der Waals surface area contributed by atoms with Gasteiger partial charge >= 0.3 is 5.97 Å². The van der Waals surface area contributed by atoms with Crippen molar-refractivity contribution in [1.29, 1.82) is 0 Å². The highest BCUT2D eigenvalue weighted by Gasteiger charge is 2.30. The number of rotatable bonds is 5. The number of nitrogens with zero attached hydrogens (tertiary/aromatic N) is 3. The Kier molecular flexibility index (Phi) is 4.42. The highest BCUT2D eigenvalue weighted by atomic mass is 19.1. The molecule has 1 heterocycles. The lowest BCUT2D eigenvalue weighted by molar-refractivity contribution is -0.147. The summed E-state index contributed by atoms with van der Waals surface area (Å²) in [5.74, 6) is -1.39. The number of aliphatic hydroxyl groups is 1. The number of benzene rings is 1. The van der Waals surface area contributed by atoms with E-state index in [-0.39, 0.29) is 23.1 Å². The molecule has 2 rings (SSSR count). The Labute approximate surface area is 118 Å². The first-order valence-corrected chi connectivity index (χ1v) is 6.14. The van der Waals surface area contributed by atoms with Crippen molar-refractivity contribution in [3.63, 3.8) is 0 Å². The van der Waals surface area contributed by atoms with Crippen molar-refractivity contribution in [2.75, 3.05) is 6.61 Å². The van der Waals surface area contributed by atoms with Crippen LogP contribution in [0.2, 0.25) is 0 Å². The lowest BCUT2D eigenvalue weighted by Crippen LogP contribution is -2.28. The lowest BCUT2D eigenvalue weighted by Gasteiger charge is -2.17. The zero-order valence-electron chi connectivity index (χ0n) is 11.1. The highest BCUT2D eigenvalue weighted by Crippen LogP contribution is 2.30. The maximum absolute atomic E-state index is 13.6. The number of furan rings is 1. The third-order valence-electron chi connectivity index (χ3n) is 2.92. The van der Waals surface area contributed by atoms with E-state index in [1.807, 2.05) is 0 Å². The van der Waals surface area contributed by atoms with Crippen LogP contribution < -0.4 is 0 Å². The Morgan fingerprint density at radius 1 is 1.57 bits per heavy atom. The van der Waals surface area contributed by atoms with E-state index in [4.69, 9.17) is 14.7 Å². The van der Waals surface area contributed by atoms with Gasteiger partial charge in [0.25, 0.3) is 0 Å². The molecular formula is C13H12FN3O4. The third kappa shape index (κ3) is 2.81. The number of fused-ring (bicyclic) bond motifs is 1. The van der Waals surface area contributed by atoms with Crippen molar-refractivity contribution >= 4 is 16.9 Å². The molecule has 110 valence electrons. The standard InChI is InChI=1S/C13H12FN3O4/c1-2-20-13(19)10(16-17-15)11(18)8-3-4-9(14)7-5-6-21-12(7)8/h3-6,10-11,18H,2H2,1H3. The Morgan fingerprint density at radius 2 is 2.33 bits per heavy atom. The number of carbonyl (C=O) groups is 1. The summed E-state index contributed by atoms with van der Waals surface area (Å²) < 4.78 is 23.5. The number of hydrogen-bond donors (Lipinski definition) is 1. The molecule has 0 saturated carbocycles. The molecule has 0 saturated heterocycles. The normalized spacial score (nSPS) is 13.5. The summed E-state index contributed by atoms with van der Waals surface area (Å²) in [6.07, 6.45) is -0.245. The molecule has 0 aliphatic carbocycles. The van der Waals surface area contributed by atoms with Crippen LogP contribution in [0.25, 0.3) is 21.4 Å². The fourth-order valence-corrected chi connectivity index (χ4v) is 1.97. The third-order valence-corrected chi connectivity index (χ3v) is 2.92. The Morgan fingerprint density at radius 3 is 3.00 bits per heavy atom. The largest absolute Gasteiger partial charge is 0.466 e. The maximum atomic E-state index is 13.6. The number of halogens is 1. The molecule has 1 aromatic carbocycles. The van der Waals surface area contributed by atoms with Gasteiger partial charge in [0.2, 0.25) is 0 Å². The molecule has 2 atom stereocenters. The summed E-state index contributed by atoms with van der Waals surface area (Å²) in [6, 6.07) is 2.32. The maximum Gasteiger partial charge on any atom is 0.317 e. The first-order chi connectivity index (χ1) is 10.1. The van der Waals surface area contributed by atoms with Gasteiger partial charge in [-0.05, 0) is 30.7 Å². The minimum atomic E-state index is -1.51. The molecule has 0 bridgehead atoms. The Hall–Kier alpha value is -2.57. The average Bonchev–Trinajstić information content (AvgIpc) is 2.95. The minimum Gasteiger partial charge on any atom is -0.466 e. The molecule has 1 N–H and O–H groups in total. The van der Waals surface area contributed by atoms with E-state index in [0.29, 0.717) is 0 Å². The second-order valence-corrected chi connectivity index (χ2v) is 4.15. The molecule has 0 aliphatic rings. The molecule has 0 radical (unpaired) electrons. The van der Waals surface area contributed by atoms with Gasteiger partial charge in [-0.1, -0.05) is 5.11 Å². The van der Waals surface area contributed by atoms with Crippen LogP contribution in [0.15, 0.2) is 34.0 Å². The van der Waals surface area contributed by atoms with Gasteiger partial charge < -0.3 is 14.3 Å². The molecule has 0 amide bonds. The number of ether oxygens (including phenoxy) is 1. The summed E-state index contributed by atoms with van der Waals surface area (Å²) in [4.78, 5) is 14.3. The molecule has 7 nitrogen and oxygen atoms in total. The molecule has 1 aromatic heterocycles. The first-order valence-electron chi connectivity index (χ1n) is 6.14. The monoisotopic (exact) mass is 293 g/mol. The Bertz CT molecular complexity index is 709. The molecule has 0 spiro atoms. The van der Waals surface area contributed by atoms with Crippen LogP contribution in [0.4, 0.5) is 4.39 Å². The van der Waals surface area contributed by atoms with Crippen LogP contribution in [-0.2, 0) is 9.53 Å². The van der Waals surface area contributed by atoms with E-state index in [1.165, 1.54) is 18.4 Å². The van der Waals surface area contributed by atoms with Crippen molar-refractivity contribution in [2.45, 2.75) is 19.1 Å². The number of aliphatic hydroxyl groups excluding tert-OH is 1. The molecule has 0 fully saturated rings. The van der Waals surface area contributed by atoms with Crippen LogP contribution in [-0.4, -0.2) is 23.7 Å². The summed E-state index contributed by atoms with van der Waals surface area (Å²) in [5.41, 5.74) is 8.75. The van der Waals surface area contributed by atoms with Gasteiger partial charge in [-0.3, -0.25) is 4.79 Å². The van der Waals surface area contributed by atoms with Crippen molar-refractivity contribution in [2.24, 2.45) is 5.11 Å². The second kappa shape index (κ2) is 6.25. The van der Waals surface area contributed by atoms with Crippen molar-refractivity contribution in [1.82, 2.24) is 0 Å². The smallest absolute Gasteiger partial charge is 0.317 e. The van der Waals surface area contributed by atoms with E-state index in [1.54, 1.807) is 6.92 Å². The predicted octanol–water partition coefficient (Wildman–Crippen LogP) is 2.85. The quantitative estimate of drug-likeness (QED) is 0.395. The SMILES string of the molecule is CCOC(=O)C(N=[N+]=[N-])C(O)c1ccc(F)c2ccoc12. The first kappa shape index (κ1) is 14.8. The summed E-state index contributed by atoms with van der Waals surface area (Å²) in [6.45, 7) is 1.66. The van der Waals surface area contributed by atoms with Gasteiger partial charge in [0.15, 0.2) is 6.04 Å². The summed E-state index contributed by atoms with van der Waals surface area (Å²) in [7, 11) is 0. The van der Waals surface area contributed by atoms with Crippen LogP contribution in [0.1, 0.15) is 18.6 Å². The topological polar surface area (TPSA) is 108 Å². The van der Waals surface area contributed by atoms with Gasteiger partial charge in [-0.25, -0.2) is 4.39 Å². The average molecular weight is 293 g/mol. The van der Waals surface area contributed by atoms with E-state index in [0.717, 1.165) is 6.07 Å². The van der Waals surface area contributed by atoms with Crippen molar-refractivity contribution < 1.29 is 23.4 Å². The number of carbonyl (C=O) groups excluding carboxylic acids is 1. The summed E-state index contributed by atoms with van der Waals surface area (Å²) >= 11 is 0. The molecule has 2 unspecified atom stereocenters. The van der Waals surface area contributed by atoms with Gasteiger partial charge in [-0.2, -0.15) is 0 Å². The zero-order chi connectivity index (χ0) is 15.4. The van der Waals surface area contributed by atoms with Crippen LogP contribution in [0.3, 0.4) is 0 Å². The molecule has 21 heavy (non-hydrogen) atoms. The molecule has 8 heteroatoms. The fraction of sp³-hybridized carbons (Fsp3) is 0.308. The second-order valence-electron chi connectivity index (χ2n) is 4.15. The molecular weight excluding hydrogens is 281 g/mol. The van der Waals surface area contributed by atoms with Crippen LogP contribution in [0, 0.1) is 5.82 Å². The van der Waals surface area contributed by atoms with Crippen LogP contribution >= 0.6 is 0 Å². The minimum absolute atomic E-state index is 0.0720. The highest BCUT2D eigenvalue weighted by molar-refractivity contribution is 5.83. The van der Waals surface area contributed by atoms with Gasteiger partial charge in [-0.15, -0.1) is 0 Å². The number of hydrogen-bond acceptors (Lipinski definition) is 5. The summed E-state index contributed by atoms with van der Waals surface area (Å²) in [5, 5.41) is 13.7.